The second-order valence-electron chi connectivity index (χ2n) is 9.48. The average Bonchev–Trinajstić information content (AvgIpc) is 3.30. The standard InChI is InChI=1S/C23H20F3N7O4S3/c1-12(2)39(34,35)17-6-5-13(11-28-17)15-9-14(40(36,37)32-22(27-3)7-8-22)10-16-18(31-33(4)19(15)16)20-29-30-21(38-20)23(24,25)26/h5-6,9-12,32H,7-8H2,1-2,4H3. The molecule has 1 saturated carbocycles. The van der Waals surface area contributed by atoms with Crippen molar-refractivity contribution in [3.05, 3.63) is 46.9 Å². The van der Waals surface area contributed by atoms with Crippen molar-refractivity contribution in [1.82, 2.24) is 29.7 Å². The lowest BCUT2D eigenvalue weighted by Crippen LogP contribution is -2.34. The summed E-state index contributed by atoms with van der Waals surface area (Å²) in [6, 6.07) is 5.34. The van der Waals surface area contributed by atoms with Gasteiger partial charge in [-0.2, -0.15) is 18.3 Å². The summed E-state index contributed by atoms with van der Waals surface area (Å²) >= 11 is 0.260. The van der Waals surface area contributed by atoms with Gasteiger partial charge in [0.05, 0.1) is 28.5 Å². The third-order valence-corrected chi connectivity index (χ3v) is 10.9. The Bertz CT molecular complexity index is 1900. The van der Waals surface area contributed by atoms with Gasteiger partial charge in [-0.1, -0.05) is 11.3 Å². The molecule has 1 aliphatic rings. The molecule has 0 unspecified atom stereocenters. The van der Waals surface area contributed by atoms with Gasteiger partial charge < -0.3 is 0 Å². The molecule has 0 spiro atoms. The Morgan fingerprint density at radius 1 is 1.15 bits per heavy atom. The molecule has 1 N–H and O–H groups in total. The Morgan fingerprint density at radius 3 is 2.38 bits per heavy atom. The largest absolute Gasteiger partial charge is 0.445 e. The molecule has 1 aromatic carbocycles. The van der Waals surface area contributed by atoms with Crippen molar-refractivity contribution in [3.63, 3.8) is 0 Å². The van der Waals surface area contributed by atoms with E-state index in [1.165, 1.54) is 56.0 Å². The maximum absolute atomic E-state index is 13.4. The van der Waals surface area contributed by atoms with E-state index in [2.05, 4.69) is 29.8 Å². The molecule has 1 fully saturated rings. The summed E-state index contributed by atoms with van der Waals surface area (Å²) in [6.45, 7) is 10.4. The van der Waals surface area contributed by atoms with Crippen molar-refractivity contribution >= 4 is 42.1 Å². The van der Waals surface area contributed by atoms with Crippen LogP contribution in [0.15, 0.2) is 40.4 Å². The predicted molar refractivity (Wildman–Crippen MR) is 139 cm³/mol. The van der Waals surface area contributed by atoms with E-state index in [9.17, 15) is 30.0 Å². The lowest BCUT2D eigenvalue weighted by atomic mass is 10.0. The highest BCUT2D eigenvalue weighted by molar-refractivity contribution is 7.92. The minimum Gasteiger partial charge on any atom is -0.292 e. The number of aromatic nitrogens is 5. The number of rotatable bonds is 7. The quantitative estimate of drug-likeness (QED) is 0.309. The minimum atomic E-state index is -4.73. The lowest BCUT2D eigenvalue weighted by Gasteiger charge is -2.12. The summed E-state index contributed by atoms with van der Waals surface area (Å²) in [5.41, 5.74) is -0.333. The van der Waals surface area contributed by atoms with Crippen molar-refractivity contribution in [2.75, 3.05) is 0 Å². The molecule has 0 radical (unpaired) electrons. The van der Waals surface area contributed by atoms with Crippen molar-refractivity contribution in [3.8, 4) is 21.8 Å². The molecule has 3 aromatic heterocycles. The van der Waals surface area contributed by atoms with Gasteiger partial charge in [0, 0.05) is 29.8 Å². The highest BCUT2D eigenvalue weighted by atomic mass is 32.2. The van der Waals surface area contributed by atoms with E-state index in [0.29, 0.717) is 23.9 Å². The van der Waals surface area contributed by atoms with E-state index >= 15 is 0 Å². The molecule has 210 valence electrons. The molecule has 40 heavy (non-hydrogen) atoms. The van der Waals surface area contributed by atoms with E-state index in [1.807, 2.05) is 0 Å². The normalized spacial score (nSPS) is 15.4. The monoisotopic (exact) mass is 611 g/mol. The summed E-state index contributed by atoms with van der Waals surface area (Å²) in [7, 11) is -6.43. The van der Waals surface area contributed by atoms with Crippen LogP contribution in [0.4, 0.5) is 13.2 Å². The minimum absolute atomic E-state index is 0.0259. The molecule has 0 atom stereocenters. The van der Waals surface area contributed by atoms with Crippen LogP contribution in [-0.2, 0) is 33.1 Å². The van der Waals surface area contributed by atoms with Gasteiger partial charge in [-0.3, -0.25) is 9.53 Å². The summed E-state index contributed by atoms with van der Waals surface area (Å²) in [5.74, 6) is 0. The van der Waals surface area contributed by atoms with Crippen LogP contribution in [0.3, 0.4) is 0 Å². The summed E-state index contributed by atoms with van der Waals surface area (Å²) in [4.78, 5) is 7.20. The molecule has 0 amide bonds. The van der Waals surface area contributed by atoms with Crippen molar-refractivity contribution < 1.29 is 30.0 Å². The highest BCUT2D eigenvalue weighted by Gasteiger charge is 2.54. The van der Waals surface area contributed by atoms with E-state index in [4.69, 9.17) is 6.57 Å². The summed E-state index contributed by atoms with van der Waals surface area (Å²) < 4.78 is 95.3. The molecular formula is C23H20F3N7O4S3. The number of halogens is 3. The Hall–Kier alpha value is -3.46. The smallest absolute Gasteiger partial charge is 0.292 e. The molecule has 3 heterocycles. The summed E-state index contributed by atoms with van der Waals surface area (Å²) in [5, 5.41) is 9.08. The van der Waals surface area contributed by atoms with Crippen LogP contribution in [0.5, 0.6) is 0 Å². The number of aryl methyl sites for hydroxylation is 1. The Morgan fingerprint density at radius 2 is 1.85 bits per heavy atom. The first kappa shape index (κ1) is 28.1. The molecule has 5 rings (SSSR count). The highest BCUT2D eigenvalue weighted by Crippen LogP contribution is 2.42. The summed E-state index contributed by atoms with van der Waals surface area (Å²) in [6.07, 6.45) is -2.78. The van der Waals surface area contributed by atoms with Crippen LogP contribution in [0, 0.1) is 6.57 Å². The van der Waals surface area contributed by atoms with Crippen molar-refractivity contribution in [2.24, 2.45) is 7.05 Å². The van der Waals surface area contributed by atoms with E-state index < -0.39 is 42.0 Å². The number of hydrogen-bond acceptors (Lipinski definition) is 9. The van der Waals surface area contributed by atoms with Gasteiger partial charge in [-0.25, -0.2) is 28.4 Å². The van der Waals surface area contributed by atoms with Crippen molar-refractivity contribution in [1.29, 1.82) is 0 Å². The van der Waals surface area contributed by atoms with Crippen LogP contribution >= 0.6 is 11.3 Å². The van der Waals surface area contributed by atoms with Gasteiger partial charge in [0.2, 0.25) is 15.0 Å². The van der Waals surface area contributed by atoms with Crippen LogP contribution in [0.25, 0.3) is 37.6 Å². The number of fused-ring (bicyclic) bond motifs is 1. The number of benzene rings is 1. The average molecular weight is 612 g/mol. The Kier molecular flexibility index (Phi) is 6.53. The van der Waals surface area contributed by atoms with E-state index in [0.717, 1.165) is 0 Å². The molecule has 0 bridgehead atoms. The number of nitrogens with zero attached hydrogens (tertiary/aromatic N) is 6. The first-order valence-electron chi connectivity index (χ1n) is 11.6. The first-order chi connectivity index (χ1) is 18.6. The number of sulfonamides is 1. The van der Waals surface area contributed by atoms with Gasteiger partial charge in [-0.15, -0.1) is 14.9 Å². The SMILES string of the molecule is [C-]#[N+]C1(NS(=O)(=O)c2cc(-c3ccc(S(=O)(=O)C(C)C)nc3)c3c(c2)c(-c2nnc(C(F)(F)F)s2)nn3C)CC1. The fourth-order valence-electron chi connectivity index (χ4n) is 3.97. The number of nitrogens with one attached hydrogen (secondary N) is 1. The maximum atomic E-state index is 13.4. The molecule has 11 nitrogen and oxygen atoms in total. The third kappa shape index (κ3) is 4.85. The van der Waals surface area contributed by atoms with E-state index in [1.54, 1.807) is 0 Å². The second-order valence-corrected chi connectivity index (χ2v) is 14.6. The predicted octanol–water partition coefficient (Wildman–Crippen LogP) is 4.04. The van der Waals surface area contributed by atoms with Gasteiger partial charge >= 0.3 is 6.18 Å². The van der Waals surface area contributed by atoms with E-state index in [-0.39, 0.29) is 42.9 Å². The number of hydrogen-bond donors (Lipinski definition) is 1. The number of pyridine rings is 1. The zero-order chi connectivity index (χ0) is 29.3. The molecule has 1 aliphatic carbocycles. The van der Waals surface area contributed by atoms with Gasteiger partial charge in [0.1, 0.15) is 5.69 Å². The zero-order valence-electron chi connectivity index (χ0n) is 21.1. The fraction of sp³-hybridized carbons (Fsp3) is 0.348. The van der Waals surface area contributed by atoms with Crippen LogP contribution in [-0.4, -0.2) is 52.7 Å². The fourth-order valence-corrected chi connectivity index (χ4v) is 7.03. The zero-order valence-corrected chi connectivity index (χ0v) is 23.5. The molecule has 0 saturated heterocycles. The Labute approximate surface area is 230 Å². The Balaban J connectivity index is 1.74. The lowest BCUT2D eigenvalue weighted by molar-refractivity contribution is -0.138. The van der Waals surface area contributed by atoms with Gasteiger partial charge in [0.25, 0.3) is 5.66 Å². The first-order valence-corrected chi connectivity index (χ1v) is 15.5. The molecule has 4 aromatic rings. The maximum Gasteiger partial charge on any atom is 0.445 e. The molecular weight excluding hydrogens is 591 g/mol. The number of alkyl halides is 3. The molecule has 0 aliphatic heterocycles. The number of sulfone groups is 1. The van der Waals surface area contributed by atoms with Crippen LogP contribution in [0.2, 0.25) is 0 Å². The third-order valence-electron chi connectivity index (χ3n) is 6.31. The topological polar surface area (TPSA) is 141 Å². The second kappa shape index (κ2) is 9.29. The van der Waals surface area contributed by atoms with Crippen molar-refractivity contribution in [2.45, 2.75) is 53.7 Å². The van der Waals surface area contributed by atoms with Gasteiger partial charge in [0.15, 0.2) is 19.9 Å². The van der Waals surface area contributed by atoms with Gasteiger partial charge in [-0.05, 0) is 38.1 Å². The van der Waals surface area contributed by atoms with Crippen LogP contribution in [0.1, 0.15) is 31.7 Å². The molecule has 17 heteroatoms. The van der Waals surface area contributed by atoms with Crippen LogP contribution < -0.4 is 4.72 Å².